The lowest BCUT2D eigenvalue weighted by Crippen LogP contribution is -2.34. The van der Waals surface area contributed by atoms with Crippen molar-refractivity contribution >= 4 is 0 Å². The van der Waals surface area contributed by atoms with Crippen LogP contribution < -0.4 is 0 Å². The van der Waals surface area contributed by atoms with Crippen molar-refractivity contribution in [2.45, 2.75) is 37.2 Å². The van der Waals surface area contributed by atoms with Crippen molar-refractivity contribution in [3.63, 3.8) is 0 Å². The van der Waals surface area contributed by atoms with Crippen LogP contribution in [-0.2, 0) is 5.41 Å². The van der Waals surface area contributed by atoms with Gasteiger partial charge in [-0.2, -0.15) is 0 Å². The van der Waals surface area contributed by atoms with Gasteiger partial charge in [-0.15, -0.1) is 0 Å². The highest BCUT2D eigenvalue weighted by Crippen LogP contribution is 2.49. The van der Waals surface area contributed by atoms with Gasteiger partial charge in [0, 0.05) is 16.5 Å². The van der Waals surface area contributed by atoms with E-state index in [0.717, 1.165) is 11.1 Å². The van der Waals surface area contributed by atoms with Gasteiger partial charge >= 0.3 is 0 Å². The molecule has 0 atom stereocenters. The summed E-state index contributed by atoms with van der Waals surface area (Å²) in [5.74, 6) is 0.495. The van der Waals surface area contributed by atoms with Crippen LogP contribution in [0.1, 0.15) is 36.8 Å². The van der Waals surface area contributed by atoms with E-state index in [1.807, 2.05) is 24.3 Å². The molecule has 0 saturated heterocycles. The summed E-state index contributed by atoms with van der Waals surface area (Å²) in [5.41, 5.74) is 1.23. The Bertz CT molecular complexity index is 580. The molecular formula is C18H20O3. The average Bonchev–Trinajstić information content (AvgIpc) is 2.50. The van der Waals surface area contributed by atoms with Crippen LogP contribution in [0.5, 0.6) is 11.5 Å². The van der Waals surface area contributed by atoms with Gasteiger partial charge in [-0.05, 0) is 37.8 Å². The Morgan fingerprint density at radius 2 is 1.19 bits per heavy atom. The third kappa shape index (κ3) is 2.38. The van der Waals surface area contributed by atoms with Gasteiger partial charge in [-0.3, -0.25) is 0 Å². The predicted molar refractivity (Wildman–Crippen MR) is 81.5 cm³/mol. The number of hydrogen-bond acceptors (Lipinski definition) is 3. The van der Waals surface area contributed by atoms with Crippen molar-refractivity contribution in [3.8, 4) is 11.5 Å². The molecule has 0 bridgehead atoms. The maximum Gasteiger partial charge on any atom is 0.119 e. The highest BCUT2D eigenvalue weighted by Gasteiger charge is 2.41. The molecule has 3 rings (SSSR count). The van der Waals surface area contributed by atoms with Crippen LogP contribution in [0.25, 0.3) is 0 Å². The average molecular weight is 284 g/mol. The summed E-state index contributed by atoms with van der Waals surface area (Å²) < 4.78 is 0. The lowest BCUT2D eigenvalue weighted by atomic mass is 9.64. The van der Waals surface area contributed by atoms with E-state index in [-0.39, 0.29) is 17.6 Å². The van der Waals surface area contributed by atoms with Gasteiger partial charge in [0.25, 0.3) is 0 Å². The van der Waals surface area contributed by atoms with Gasteiger partial charge in [0.2, 0.25) is 0 Å². The molecule has 3 heteroatoms. The maximum atomic E-state index is 10.3. The van der Waals surface area contributed by atoms with E-state index >= 15 is 0 Å². The standard InChI is InChI=1S/C18H20O3/c19-13-9-11-18(12-10-13,14-5-1-3-7-16(14)20)15-6-2-4-8-17(15)21/h1-8,13,19-21H,9-12H2. The number of aliphatic hydroxyl groups is 1. The summed E-state index contributed by atoms with van der Waals surface area (Å²) in [7, 11) is 0. The van der Waals surface area contributed by atoms with E-state index in [1.54, 1.807) is 24.3 Å². The largest absolute Gasteiger partial charge is 0.508 e. The molecule has 0 aliphatic heterocycles. The number of aliphatic hydroxyl groups excluding tert-OH is 1. The fraction of sp³-hybridized carbons (Fsp3) is 0.333. The minimum absolute atomic E-state index is 0.247. The fourth-order valence-electron chi connectivity index (χ4n) is 3.54. The highest BCUT2D eigenvalue weighted by atomic mass is 16.3. The molecule has 1 aliphatic rings. The molecule has 110 valence electrons. The monoisotopic (exact) mass is 284 g/mol. The minimum atomic E-state index is -0.435. The molecule has 0 heterocycles. The molecule has 0 spiro atoms. The lowest BCUT2D eigenvalue weighted by Gasteiger charge is -2.40. The number of phenolic OH excluding ortho intramolecular Hbond substituents is 2. The van der Waals surface area contributed by atoms with Gasteiger partial charge in [-0.1, -0.05) is 36.4 Å². The zero-order chi connectivity index (χ0) is 14.9. The van der Waals surface area contributed by atoms with Gasteiger partial charge in [0.1, 0.15) is 11.5 Å². The van der Waals surface area contributed by atoms with Gasteiger partial charge in [0.05, 0.1) is 6.10 Å². The SMILES string of the molecule is Oc1ccccc1C1(c2ccccc2O)CCC(O)CC1. The number of para-hydroxylation sites is 2. The van der Waals surface area contributed by atoms with E-state index in [9.17, 15) is 15.3 Å². The van der Waals surface area contributed by atoms with Crippen LogP contribution in [0.4, 0.5) is 0 Å². The van der Waals surface area contributed by atoms with E-state index in [2.05, 4.69) is 0 Å². The quantitative estimate of drug-likeness (QED) is 0.793. The first kappa shape index (κ1) is 14.0. The molecule has 0 amide bonds. The second kappa shape index (κ2) is 5.41. The zero-order valence-corrected chi connectivity index (χ0v) is 11.9. The van der Waals surface area contributed by atoms with Crippen LogP contribution in [0.2, 0.25) is 0 Å². The Morgan fingerprint density at radius 3 is 1.62 bits per heavy atom. The van der Waals surface area contributed by atoms with Crippen molar-refractivity contribution in [2.75, 3.05) is 0 Å². The summed E-state index contributed by atoms with van der Waals surface area (Å²) in [6.45, 7) is 0. The Kier molecular flexibility index (Phi) is 3.60. The first-order valence-corrected chi connectivity index (χ1v) is 7.38. The second-order valence-electron chi connectivity index (χ2n) is 5.85. The molecule has 1 saturated carbocycles. The summed E-state index contributed by atoms with van der Waals surface area (Å²) >= 11 is 0. The number of rotatable bonds is 2. The lowest BCUT2D eigenvalue weighted by molar-refractivity contribution is 0.104. The minimum Gasteiger partial charge on any atom is -0.508 e. The van der Waals surface area contributed by atoms with E-state index in [4.69, 9.17) is 0 Å². The van der Waals surface area contributed by atoms with Crippen molar-refractivity contribution in [3.05, 3.63) is 59.7 Å². The molecule has 2 aromatic carbocycles. The molecule has 1 fully saturated rings. The van der Waals surface area contributed by atoms with Crippen LogP contribution in [0, 0.1) is 0 Å². The number of benzene rings is 2. The van der Waals surface area contributed by atoms with Crippen LogP contribution in [0.3, 0.4) is 0 Å². The molecule has 1 aliphatic carbocycles. The number of hydrogen-bond donors (Lipinski definition) is 3. The third-order valence-corrected chi connectivity index (χ3v) is 4.65. The number of aromatic hydroxyl groups is 2. The molecule has 3 nitrogen and oxygen atoms in total. The molecule has 3 N–H and O–H groups in total. The van der Waals surface area contributed by atoms with Crippen molar-refractivity contribution in [2.24, 2.45) is 0 Å². The molecule has 2 aromatic rings. The smallest absolute Gasteiger partial charge is 0.119 e. The van der Waals surface area contributed by atoms with E-state index < -0.39 is 5.41 Å². The molecule has 0 unspecified atom stereocenters. The predicted octanol–water partition coefficient (Wildman–Crippen LogP) is 3.32. The Hall–Kier alpha value is -2.00. The normalized spacial score (nSPS) is 18.5. The molecule has 0 radical (unpaired) electrons. The Balaban J connectivity index is 2.17. The van der Waals surface area contributed by atoms with Gasteiger partial charge in [-0.25, -0.2) is 0 Å². The summed E-state index contributed by atoms with van der Waals surface area (Å²) in [6, 6.07) is 14.6. The van der Waals surface area contributed by atoms with Crippen LogP contribution in [-0.4, -0.2) is 21.4 Å². The zero-order valence-electron chi connectivity index (χ0n) is 11.9. The van der Waals surface area contributed by atoms with Crippen LogP contribution in [0.15, 0.2) is 48.5 Å². The Labute approximate surface area is 124 Å². The van der Waals surface area contributed by atoms with Gasteiger partial charge in [0.15, 0.2) is 0 Å². The van der Waals surface area contributed by atoms with Crippen molar-refractivity contribution in [1.29, 1.82) is 0 Å². The highest BCUT2D eigenvalue weighted by molar-refractivity contribution is 5.51. The van der Waals surface area contributed by atoms with E-state index in [0.29, 0.717) is 25.7 Å². The molecule has 0 aromatic heterocycles. The first-order valence-electron chi connectivity index (χ1n) is 7.38. The van der Waals surface area contributed by atoms with E-state index in [1.165, 1.54) is 0 Å². The van der Waals surface area contributed by atoms with Crippen LogP contribution >= 0.6 is 0 Å². The van der Waals surface area contributed by atoms with Crippen molar-refractivity contribution < 1.29 is 15.3 Å². The Morgan fingerprint density at radius 1 is 0.762 bits per heavy atom. The number of phenols is 2. The second-order valence-corrected chi connectivity index (χ2v) is 5.85. The summed E-state index contributed by atoms with van der Waals surface area (Å²) in [5, 5.41) is 30.5. The molecular weight excluding hydrogens is 264 g/mol. The van der Waals surface area contributed by atoms with Gasteiger partial charge < -0.3 is 15.3 Å². The molecule has 21 heavy (non-hydrogen) atoms. The first-order chi connectivity index (χ1) is 10.1. The third-order valence-electron chi connectivity index (χ3n) is 4.65. The topological polar surface area (TPSA) is 60.7 Å². The summed E-state index contributed by atoms with van der Waals surface area (Å²) in [6.07, 6.45) is 2.47. The van der Waals surface area contributed by atoms with Crippen molar-refractivity contribution in [1.82, 2.24) is 0 Å². The maximum absolute atomic E-state index is 10.3. The fourth-order valence-corrected chi connectivity index (χ4v) is 3.54. The summed E-state index contributed by atoms with van der Waals surface area (Å²) in [4.78, 5) is 0.